The summed E-state index contributed by atoms with van der Waals surface area (Å²) in [7, 11) is 1.59. The minimum Gasteiger partial charge on any atom is -0.261 e. The molecule has 1 heterocycles. The van der Waals surface area contributed by atoms with Crippen LogP contribution in [0.3, 0.4) is 0 Å². The summed E-state index contributed by atoms with van der Waals surface area (Å²) in [5.74, 6) is -0.123. The fourth-order valence-corrected chi connectivity index (χ4v) is 1.68. The molecule has 0 N–H and O–H groups in total. The summed E-state index contributed by atoms with van der Waals surface area (Å²) in [6.45, 7) is 0. The molecule has 0 unspecified atom stereocenters. The van der Waals surface area contributed by atoms with Gasteiger partial charge >= 0.3 is 0 Å². The van der Waals surface area contributed by atoms with Crippen molar-refractivity contribution in [2.45, 2.75) is 6.42 Å². The smallest absolute Gasteiger partial charge is 0.232 e. The van der Waals surface area contributed by atoms with Gasteiger partial charge in [-0.1, -0.05) is 11.6 Å². The maximum atomic E-state index is 10.6. The van der Waals surface area contributed by atoms with Gasteiger partial charge in [0.25, 0.3) is 0 Å². The van der Waals surface area contributed by atoms with Crippen LogP contribution in [-0.4, -0.2) is 19.2 Å². The molecule has 1 rings (SSSR count). The lowest BCUT2D eigenvalue weighted by Gasteiger charge is -1.97. The van der Waals surface area contributed by atoms with E-state index >= 15 is 0 Å². The first-order valence-electron chi connectivity index (χ1n) is 3.50. The predicted octanol–water partition coefficient (Wildman–Crippen LogP) is 1.85. The van der Waals surface area contributed by atoms with Crippen LogP contribution in [0.25, 0.3) is 0 Å². The van der Waals surface area contributed by atoms with E-state index in [2.05, 4.69) is 4.98 Å². The molecule has 6 heteroatoms. The molecule has 0 fully saturated rings. The van der Waals surface area contributed by atoms with E-state index in [1.165, 1.54) is 6.20 Å². The molecule has 0 spiro atoms. The van der Waals surface area contributed by atoms with E-state index in [0.717, 1.165) is 0 Å². The zero-order chi connectivity index (χ0) is 9.90. The van der Waals surface area contributed by atoms with E-state index < -0.39 is 9.05 Å². The Morgan fingerprint density at radius 2 is 2.15 bits per heavy atom. The highest BCUT2D eigenvalue weighted by Crippen LogP contribution is 2.09. The molecule has 1 aromatic rings. The van der Waals surface area contributed by atoms with Gasteiger partial charge in [0.1, 0.15) is 0 Å². The number of halogens is 2. The van der Waals surface area contributed by atoms with Gasteiger partial charge in [-0.05, 0) is 12.1 Å². The van der Waals surface area contributed by atoms with Crippen LogP contribution in [-0.2, 0) is 15.5 Å². The Morgan fingerprint density at radius 3 is 2.69 bits per heavy atom. The van der Waals surface area contributed by atoms with Crippen molar-refractivity contribution in [3.63, 3.8) is 0 Å². The Bertz CT molecular complexity index is 391. The Kier molecular flexibility index (Phi) is 3.53. The lowest BCUT2D eigenvalue weighted by Crippen LogP contribution is -2.02. The Balaban J connectivity index is 2.65. The first-order valence-corrected chi connectivity index (χ1v) is 6.36. The molecule has 0 saturated carbocycles. The van der Waals surface area contributed by atoms with E-state index in [4.69, 9.17) is 22.3 Å². The highest BCUT2D eigenvalue weighted by molar-refractivity contribution is 8.13. The average Bonchev–Trinajstić information content (AvgIpc) is 2.00. The van der Waals surface area contributed by atoms with E-state index in [0.29, 0.717) is 10.7 Å². The molecule has 0 aromatic carbocycles. The van der Waals surface area contributed by atoms with E-state index in [-0.39, 0.29) is 12.2 Å². The van der Waals surface area contributed by atoms with Crippen LogP contribution in [0.5, 0.6) is 0 Å². The van der Waals surface area contributed by atoms with Gasteiger partial charge in [-0.3, -0.25) is 4.98 Å². The second-order valence-electron chi connectivity index (χ2n) is 2.46. The molecule has 0 aliphatic heterocycles. The van der Waals surface area contributed by atoms with Crippen LogP contribution in [0.15, 0.2) is 18.3 Å². The van der Waals surface area contributed by atoms with Crippen molar-refractivity contribution >= 4 is 31.3 Å². The second kappa shape index (κ2) is 4.26. The number of nitrogens with zero attached hydrogens (tertiary/aromatic N) is 1. The van der Waals surface area contributed by atoms with Gasteiger partial charge in [0.15, 0.2) is 0 Å². The molecular formula is C7H7Cl2NO2S. The molecule has 72 valence electrons. The largest absolute Gasteiger partial charge is 0.261 e. The fraction of sp³-hybridized carbons (Fsp3) is 0.286. The Morgan fingerprint density at radius 1 is 1.46 bits per heavy atom. The Labute approximate surface area is 86.1 Å². The van der Waals surface area contributed by atoms with Crippen molar-refractivity contribution in [3.05, 3.63) is 29.0 Å². The monoisotopic (exact) mass is 239 g/mol. The van der Waals surface area contributed by atoms with Gasteiger partial charge in [-0.15, -0.1) is 0 Å². The average molecular weight is 240 g/mol. The third-order valence-electron chi connectivity index (χ3n) is 1.38. The number of hydrogen-bond acceptors (Lipinski definition) is 3. The summed E-state index contributed by atoms with van der Waals surface area (Å²) in [5, 5.41) is 0.539. The van der Waals surface area contributed by atoms with Gasteiger partial charge < -0.3 is 0 Å². The molecule has 3 nitrogen and oxygen atoms in total. The van der Waals surface area contributed by atoms with Crippen LogP contribution in [0.4, 0.5) is 0 Å². The quantitative estimate of drug-likeness (QED) is 0.757. The topological polar surface area (TPSA) is 47.0 Å². The predicted molar refractivity (Wildman–Crippen MR) is 52.6 cm³/mol. The second-order valence-corrected chi connectivity index (χ2v) is 5.79. The highest BCUT2D eigenvalue weighted by atomic mass is 35.7. The van der Waals surface area contributed by atoms with Gasteiger partial charge in [0.2, 0.25) is 9.05 Å². The fourth-order valence-electron chi connectivity index (χ4n) is 0.812. The summed E-state index contributed by atoms with van der Waals surface area (Å²) < 4.78 is 21.2. The van der Waals surface area contributed by atoms with Gasteiger partial charge in [-0.2, -0.15) is 0 Å². The lowest BCUT2D eigenvalue weighted by atomic mass is 10.3. The number of hydrogen-bond donors (Lipinski definition) is 0. The van der Waals surface area contributed by atoms with Gasteiger partial charge in [-0.25, -0.2) is 8.42 Å². The summed E-state index contributed by atoms with van der Waals surface area (Å²) in [6, 6.07) is 3.24. The zero-order valence-corrected chi connectivity index (χ0v) is 8.90. The van der Waals surface area contributed by atoms with Crippen molar-refractivity contribution < 1.29 is 8.42 Å². The van der Waals surface area contributed by atoms with E-state index in [9.17, 15) is 8.42 Å². The summed E-state index contributed by atoms with van der Waals surface area (Å²) in [4.78, 5) is 3.94. The van der Waals surface area contributed by atoms with Crippen LogP contribution in [0.1, 0.15) is 5.69 Å². The molecule has 0 aliphatic carbocycles. The van der Waals surface area contributed by atoms with Crippen LogP contribution >= 0.6 is 22.3 Å². The lowest BCUT2D eigenvalue weighted by molar-refractivity contribution is 0.608. The molecular weight excluding hydrogens is 233 g/mol. The molecule has 0 amide bonds. The molecule has 0 radical (unpaired) electrons. The van der Waals surface area contributed by atoms with Crippen molar-refractivity contribution in [1.82, 2.24) is 4.98 Å². The number of aromatic nitrogens is 1. The maximum Gasteiger partial charge on any atom is 0.232 e. The summed E-state index contributed by atoms with van der Waals surface area (Å²) >= 11 is 5.67. The SMILES string of the molecule is O=S(=O)(Cl)CCc1cc(Cl)ccn1. The minimum atomic E-state index is -3.45. The molecule has 0 saturated heterocycles. The minimum absolute atomic E-state index is 0.123. The van der Waals surface area contributed by atoms with Crippen LogP contribution in [0, 0.1) is 0 Å². The van der Waals surface area contributed by atoms with Gasteiger partial charge in [0, 0.05) is 34.0 Å². The van der Waals surface area contributed by atoms with E-state index in [1.807, 2.05) is 0 Å². The van der Waals surface area contributed by atoms with Crippen molar-refractivity contribution in [2.75, 3.05) is 5.75 Å². The first-order chi connectivity index (χ1) is 5.97. The van der Waals surface area contributed by atoms with E-state index in [1.54, 1.807) is 12.1 Å². The molecule has 1 aromatic heterocycles. The van der Waals surface area contributed by atoms with Crippen molar-refractivity contribution in [1.29, 1.82) is 0 Å². The molecule has 0 aliphatic rings. The first kappa shape index (κ1) is 10.8. The molecule has 13 heavy (non-hydrogen) atoms. The van der Waals surface area contributed by atoms with Crippen LogP contribution < -0.4 is 0 Å². The van der Waals surface area contributed by atoms with Crippen molar-refractivity contribution in [3.8, 4) is 0 Å². The number of aryl methyl sites for hydroxylation is 1. The van der Waals surface area contributed by atoms with Crippen LogP contribution in [0.2, 0.25) is 5.02 Å². The molecule has 0 bridgehead atoms. The highest BCUT2D eigenvalue weighted by Gasteiger charge is 2.06. The standard InChI is InChI=1S/C7H7Cl2NO2S/c8-6-1-3-10-7(5-6)2-4-13(9,11)12/h1,3,5H,2,4H2. The maximum absolute atomic E-state index is 10.6. The van der Waals surface area contributed by atoms with Crippen molar-refractivity contribution in [2.24, 2.45) is 0 Å². The third kappa shape index (κ3) is 4.45. The summed E-state index contributed by atoms with van der Waals surface area (Å²) in [6.07, 6.45) is 1.81. The third-order valence-corrected chi connectivity index (χ3v) is 2.77. The summed E-state index contributed by atoms with van der Waals surface area (Å²) in [5.41, 5.74) is 0.622. The number of rotatable bonds is 3. The number of pyridine rings is 1. The zero-order valence-electron chi connectivity index (χ0n) is 6.57. The van der Waals surface area contributed by atoms with Gasteiger partial charge in [0.05, 0.1) is 5.75 Å². The normalized spacial score (nSPS) is 11.5. The Hall–Kier alpha value is -0.320. The molecule has 0 atom stereocenters.